The van der Waals surface area contributed by atoms with Gasteiger partial charge in [0.1, 0.15) is 0 Å². The molecular formula is C10H10N2O. The number of nitrogens with one attached hydrogen (secondary N) is 2. The van der Waals surface area contributed by atoms with E-state index in [0.717, 1.165) is 11.1 Å². The molecule has 3 nitrogen and oxygen atoms in total. The van der Waals surface area contributed by atoms with Crippen LogP contribution in [0.3, 0.4) is 0 Å². The monoisotopic (exact) mass is 174 g/mol. The SMILES string of the molecule is O=CNCc1ccc2[nH]ccc2c1. The first kappa shape index (κ1) is 7.86. The average Bonchev–Trinajstić information content (AvgIpc) is 2.61. The number of carbonyl (C=O) groups excluding carboxylic acids is 1. The number of carbonyl (C=O) groups is 1. The second kappa shape index (κ2) is 3.31. The molecule has 3 heteroatoms. The molecule has 0 atom stereocenters. The van der Waals surface area contributed by atoms with Gasteiger partial charge in [-0.25, -0.2) is 0 Å². The lowest BCUT2D eigenvalue weighted by Crippen LogP contribution is -2.09. The van der Waals surface area contributed by atoms with Crippen molar-refractivity contribution >= 4 is 17.3 Å². The first-order valence-electron chi connectivity index (χ1n) is 4.13. The molecule has 1 heterocycles. The highest BCUT2D eigenvalue weighted by Crippen LogP contribution is 2.13. The minimum Gasteiger partial charge on any atom is -0.361 e. The third kappa shape index (κ3) is 1.54. The molecule has 0 unspecified atom stereocenters. The van der Waals surface area contributed by atoms with Crippen molar-refractivity contribution in [1.82, 2.24) is 10.3 Å². The largest absolute Gasteiger partial charge is 0.361 e. The standard InChI is InChI=1S/C10H10N2O/c13-7-11-6-8-1-2-10-9(5-8)3-4-12-10/h1-5,7,12H,6H2,(H,11,13). The Morgan fingerprint density at radius 1 is 1.38 bits per heavy atom. The molecule has 2 N–H and O–H groups in total. The van der Waals surface area contributed by atoms with E-state index in [1.165, 1.54) is 5.39 Å². The Balaban J connectivity index is 2.31. The van der Waals surface area contributed by atoms with E-state index in [-0.39, 0.29) is 0 Å². The Hall–Kier alpha value is -1.77. The van der Waals surface area contributed by atoms with Gasteiger partial charge in [0.15, 0.2) is 0 Å². The zero-order chi connectivity index (χ0) is 9.10. The van der Waals surface area contributed by atoms with Crippen molar-refractivity contribution in [2.24, 2.45) is 0 Å². The smallest absolute Gasteiger partial charge is 0.207 e. The van der Waals surface area contributed by atoms with Crippen LogP contribution in [0.5, 0.6) is 0 Å². The molecule has 0 aliphatic rings. The predicted octanol–water partition coefficient (Wildman–Crippen LogP) is 1.41. The maximum absolute atomic E-state index is 10.1. The van der Waals surface area contributed by atoms with Gasteiger partial charge in [0, 0.05) is 18.3 Å². The molecule has 0 saturated carbocycles. The summed E-state index contributed by atoms with van der Waals surface area (Å²) in [4.78, 5) is 13.2. The summed E-state index contributed by atoms with van der Waals surface area (Å²) in [5.74, 6) is 0. The van der Waals surface area contributed by atoms with Crippen LogP contribution in [0.1, 0.15) is 5.56 Å². The summed E-state index contributed by atoms with van der Waals surface area (Å²) in [5, 5.41) is 3.80. The fraction of sp³-hybridized carbons (Fsp3) is 0.100. The molecule has 0 saturated heterocycles. The Kier molecular flexibility index (Phi) is 2.00. The summed E-state index contributed by atoms with van der Waals surface area (Å²) in [6.45, 7) is 0.588. The zero-order valence-corrected chi connectivity index (χ0v) is 7.08. The highest BCUT2D eigenvalue weighted by atomic mass is 16.1. The van der Waals surface area contributed by atoms with Crippen molar-refractivity contribution in [2.45, 2.75) is 6.54 Å². The lowest BCUT2D eigenvalue weighted by atomic mass is 10.1. The van der Waals surface area contributed by atoms with Crippen LogP contribution in [0.25, 0.3) is 10.9 Å². The van der Waals surface area contributed by atoms with Gasteiger partial charge in [-0.1, -0.05) is 6.07 Å². The first-order chi connectivity index (χ1) is 6.40. The maximum Gasteiger partial charge on any atom is 0.207 e. The summed E-state index contributed by atoms with van der Waals surface area (Å²) < 4.78 is 0. The summed E-state index contributed by atoms with van der Waals surface area (Å²) in [6, 6.07) is 8.08. The van der Waals surface area contributed by atoms with Crippen LogP contribution in [-0.4, -0.2) is 11.4 Å². The zero-order valence-electron chi connectivity index (χ0n) is 7.08. The minimum atomic E-state index is 0.588. The third-order valence-electron chi connectivity index (χ3n) is 2.01. The van der Waals surface area contributed by atoms with Crippen LogP contribution in [0.15, 0.2) is 30.5 Å². The van der Waals surface area contributed by atoms with Crippen molar-refractivity contribution in [3.05, 3.63) is 36.0 Å². The lowest BCUT2D eigenvalue weighted by molar-refractivity contribution is -0.109. The average molecular weight is 174 g/mol. The number of hydrogen-bond donors (Lipinski definition) is 2. The van der Waals surface area contributed by atoms with Crippen molar-refractivity contribution in [3.63, 3.8) is 0 Å². The fourth-order valence-electron chi connectivity index (χ4n) is 1.37. The summed E-state index contributed by atoms with van der Waals surface area (Å²) in [6.07, 6.45) is 2.61. The summed E-state index contributed by atoms with van der Waals surface area (Å²) >= 11 is 0. The molecule has 0 radical (unpaired) electrons. The van der Waals surface area contributed by atoms with Gasteiger partial charge >= 0.3 is 0 Å². The van der Waals surface area contributed by atoms with Crippen LogP contribution in [0.2, 0.25) is 0 Å². The molecule has 0 aliphatic heterocycles. The van der Waals surface area contributed by atoms with E-state index in [0.29, 0.717) is 13.0 Å². The van der Waals surface area contributed by atoms with Crippen molar-refractivity contribution in [1.29, 1.82) is 0 Å². The van der Waals surface area contributed by atoms with E-state index in [2.05, 4.69) is 16.4 Å². The van der Waals surface area contributed by atoms with E-state index in [1.54, 1.807) is 0 Å². The van der Waals surface area contributed by atoms with Crippen LogP contribution in [-0.2, 0) is 11.3 Å². The first-order valence-corrected chi connectivity index (χ1v) is 4.13. The van der Waals surface area contributed by atoms with Gasteiger partial charge in [0.25, 0.3) is 0 Å². The van der Waals surface area contributed by atoms with Crippen molar-refractivity contribution in [3.8, 4) is 0 Å². The molecule has 1 amide bonds. The number of amides is 1. The molecule has 0 fully saturated rings. The normalized spacial score (nSPS) is 10.2. The Morgan fingerprint density at radius 2 is 2.31 bits per heavy atom. The van der Waals surface area contributed by atoms with Crippen LogP contribution < -0.4 is 5.32 Å². The second-order valence-corrected chi connectivity index (χ2v) is 2.90. The molecule has 13 heavy (non-hydrogen) atoms. The molecule has 2 aromatic rings. The number of benzene rings is 1. The van der Waals surface area contributed by atoms with E-state index < -0.39 is 0 Å². The van der Waals surface area contributed by atoms with Crippen molar-refractivity contribution in [2.75, 3.05) is 0 Å². The molecule has 0 spiro atoms. The number of aromatic amines is 1. The molecule has 0 bridgehead atoms. The third-order valence-corrected chi connectivity index (χ3v) is 2.01. The molecule has 1 aromatic heterocycles. The van der Waals surface area contributed by atoms with Gasteiger partial charge in [-0.05, 0) is 29.1 Å². The van der Waals surface area contributed by atoms with Gasteiger partial charge < -0.3 is 10.3 Å². The van der Waals surface area contributed by atoms with Crippen molar-refractivity contribution < 1.29 is 4.79 Å². The Bertz CT molecular complexity index is 420. The highest BCUT2D eigenvalue weighted by molar-refractivity contribution is 5.79. The topological polar surface area (TPSA) is 44.9 Å². The predicted molar refractivity (Wildman–Crippen MR) is 51.2 cm³/mol. The molecular weight excluding hydrogens is 164 g/mol. The van der Waals surface area contributed by atoms with E-state index >= 15 is 0 Å². The Labute approximate surface area is 75.8 Å². The Morgan fingerprint density at radius 3 is 3.15 bits per heavy atom. The molecule has 66 valence electrons. The van der Waals surface area contributed by atoms with Gasteiger partial charge in [-0.2, -0.15) is 0 Å². The number of rotatable bonds is 3. The van der Waals surface area contributed by atoms with E-state index in [4.69, 9.17) is 0 Å². The number of hydrogen-bond acceptors (Lipinski definition) is 1. The summed E-state index contributed by atoms with van der Waals surface area (Å²) in [7, 11) is 0. The van der Waals surface area contributed by atoms with E-state index in [1.807, 2.05) is 24.4 Å². The molecule has 1 aromatic carbocycles. The second-order valence-electron chi connectivity index (χ2n) is 2.90. The fourth-order valence-corrected chi connectivity index (χ4v) is 1.37. The molecule has 0 aliphatic carbocycles. The summed E-state index contributed by atoms with van der Waals surface area (Å²) in [5.41, 5.74) is 2.23. The minimum absolute atomic E-state index is 0.588. The number of fused-ring (bicyclic) bond motifs is 1. The molecule has 2 rings (SSSR count). The van der Waals surface area contributed by atoms with Gasteiger partial charge in [0.05, 0.1) is 0 Å². The quantitative estimate of drug-likeness (QED) is 0.679. The van der Waals surface area contributed by atoms with E-state index in [9.17, 15) is 4.79 Å². The van der Waals surface area contributed by atoms with Crippen LogP contribution in [0.4, 0.5) is 0 Å². The van der Waals surface area contributed by atoms with Gasteiger partial charge in [-0.15, -0.1) is 0 Å². The van der Waals surface area contributed by atoms with Gasteiger partial charge in [0.2, 0.25) is 6.41 Å². The lowest BCUT2D eigenvalue weighted by Gasteiger charge is -1.99. The maximum atomic E-state index is 10.1. The number of aromatic nitrogens is 1. The highest BCUT2D eigenvalue weighted by Gasteiger charge is 1.95. The van der Waals surface area contributed by atoms with Crippen LogP contribution in [0, 0.1) is 0 Å². The number of H-pyrrole nitrogens is 1. The van der Waals surface area contributed by atoms with Crippen LogP contribution >= 0.6 is 0 Å². The van der Waals surface area contributed by atoms with Gasteiger partial charge in [-0.3, -0.25) is 4.79 Å².